The average molecular weight is 444 g/mol. The first kappa shape index (κ1) is 19.6. The van der Waals surface area contributed by atoms with Crippen molar-refractivity contribution in [3.05, 3.63) is 96.2 Å². The highest BCUT2D eigenvalue weighted by atomic mass is 35.5. The van der Waals surface area contributed by atoms with Crippen LogP contribution in [0.2, 0.25) is 5.02 Å². The fraction of sp³-hybridized carbons (Fsp3) is 0.0435. The summed E-state index contributed by atoms with van der Waals surface area (Å²) in [6.07, 6.45) is 1.30. The molecule has 5 aromatic rings. The van der Waals surface area contributed by atoms with Gasteiger partial charge in [-0.2, -0.15) is 5.26 Å². The molecule has 0 aliphatic heterocycles. The smallest absolute Gasteiger partial charge is 0.275 e. The van der Waals surface area contributed by atoms with Gasteiger partial charge in [-0.25, -0.2) is 9.67 Å². The lowest BCUT2D eigenvalue weighted by molar-refractivity contribution is 0.432. The molecule has 9 heteroatoms. The molecule has 2 N–H and O–H groups in total. The van der Waals surface area contributed by atoms with Crippen LogP contribution in [0.5, 0.6) is 5.88 Å². The van der Waals surface area contributed by atoms with E-state index in [0.29, 0.717) is 27.3 Å². The third-order valence-corrected chi connectivity index (χ3v) is 5.64. The second-order valence-electron chi connectivity index (χ2n) is 7.22. The lowest BCUT2D eigenvalue weighted by Crippen LogP contribution is -2.34. The number of aromatic amines is 1. The molecule has 0 spiro atoms. The summed E-state index contributed by atoms with van der Waals surface area (Å²) in [7, 11) is 0. The third-order valence-electron chi connectivity index (χ3n) is 5.39. The van der Waals surface area contributed by atoms with E-state index in [9.17, 15) is 20.0 Å². The lowest BCUT2D eigenvalue weighted by Gasteiger charge is -2.04. The molecule has 0 fully saturated rings. The van der Waals surface area contributed by atoms with E-state index in [-0.39, 0.29) is 27.9 Å². The molecule has 0 saturated heterocycles. The molecule has 0 unspecified atom stereocenters. The van der Waals surface area contributed by atoms with Crippen LogP contribution < -0.4 is 16.3 Å². The number of pyridine rings is 1. The fourth-order valence-corrected chi connectivity index (χ4v) is 3.90. The van der Waals surface area contributed by atoms with Crippen LogP contribution >= 0.6 is 11.6 Å². The summed E-state index contributed by atoms with van der Waals surface area (Å²) in [6.45, 7) is 1.62. The first-order chi connectivity index (χ1) is 15.4. The van der Waals surface area contributed by atoms with Gasteiger partial charge in [0.05, 0.1) is 22.3 Å². The monoisotopic (exact) mass is 443 g/mol. The molecule has 2 aromatic carbocycles. The minimum absolute atomic E-state index is 0.104. The summed E-state index contributed by atoms with van der Waals surface area (Å²) in [4.78, 5) is 30.5. The van der Waals surface area contributed by atoms with Crippen LogP contribution in [0.15, 0.2) is 58.1 Å². The zero-order chi connectivity index (χ0) is 22.6. The van der Waals surface area contributed by atoms with Crippen molar-refractivity contribution in [2.45, 2.75) is 6.92 Å². The Bertz CT molecular complexity index is 1760. The number of benzene rings is 2. The molecule has 0 aliphatic rings. The Labute approximate surface area is 184 Å². The molecule has 8 nitrogen and oxygen atoms in total. The van der Waals surface area contributed by atoms with Crippen LogP contribution in [-0.4, -0.2) is 24.3 Å². The van der Waals surface area contributed by atoms with Crippen LogP contribution in [0.1, 0.15) is 16.7 Å². The highest BCUT2D eigenvalue weighted by Gasteiger charge is 2.18. The van der Waals surface area contributed by atoms with Gasteiger partial charge in [-0.1, -0.05) is 23.7 Å². The molecule has 156 valence electrons. The maximum atomic E-state index is 13.4. The van der Waals surface area contributed by atoms with Crippen molar-refractivity contribution in [1.29, 1.82) is 5.26 Å². The molecule has 5 rings (SSSR count). The maximum Gasteiger partial charge on any atom is 0.275 e. The average Bonchev–Trinajstić information content (AvgIpc) is 3.30. The molecule has 0 bridgehead atoms. The topological polar surface area (TPSA) is 116 Å². The number of nitriles is 1. The van der Waals surface area contributed by atoms with Crippen molar-refractivity contribution in [2.75, 3.05) is 0 Å². The Hall–Kier alpha value is -4.35. The van der Waals surface area contributed by atoms with Gasteiger partial charge in [-0.3, -0.25) is 19.1 Å². The number of nitrogens with zero attached hydrogens (tertiary/aromatic N) is 4. The minimum Gasteiger partial charge on any atom is -0.493 e. The number of aromatic hydroxyl groups is 1. The van der Waals surface area contributed by atoms with Crippen molar-refractivity contribution in [3.8, 4) is 17.6 Å². The van der Waals surface area contributed by atoms with E-state index in [4.69, 9.17) is 11.6 Å². The SMILES string of the molecule is Cc1c(C#N)c2nc3ccccc3n2c(=O)/c1=C/c1c(O)n(-c2ccc(Cl)cc2)[nH]c1=O. The number of para-hydroxylation sites is 2. The van der Waals surface area contributed by atoms with Crippen LogP contribution in [0.4, 0.5) is 0 Å². The first-order valence-corrected chi connectivity index (χ1v) is 9.94. The summed E-state index contributed by atoms with van der Waals surface area (Å²) < 4.78 is 2.55. The van der Waals surface area contributed by atoms with E-state index in [1.165, 1.54) is 15.2 Å². The Balaban J connectivity index is 1.85. The van der Waals surface area contributed by atoms with Gasteiger partial charge in [0, 0.05) is 10.2 Å². The van der Waals surface area contributed by atoms with E-state index >= 15 is 0 Å². The summed E-state index contributed by atoms with van der Waals surface area (Å²) in [5.41, 5.74) is 1.32. The normalized spacial score (nSPS) is 12.0. The lowest BCUT2D eigenvalue weighted by atomic mass is 10.1. The van der Waals surface area contributed by atoms with Gasteiger partial charge in [-0.15, -0.1) is 0 Å². The van der Waals surface area contributed by atoms with Crippen molar-refractivity contribution in [3.63, 3.8) is 0 Å². The number of aromatic nitrogens is 4. The highest BCUT2D eigenvalue weighted by molar-refractivity contribution is 6.30. The van der Waals surface area contributed by atoms with E-state index in [1.54, 1.807) is 55.5 Å². The molecule has 3 aromatic heterocycles. The van der Waals surface area contributed by atoms with Crippen LogP contribution in [0, 0.1) is 18.3 Å². The van der Waals surface area contributed by atoms with Crippen LogP contribution in [-0.2, 0) is 0 Å². The summed E-state index contributed by atoms with van der Waals surface area (Å²) in [5.74, 6) is -0.370. The predicted octanol–water partition coefficient (Wildman–Crippen LogP) is 2.41. The quantitative estimate of drug-likeness (QED) is 0.434. The van der Waals surface area contributed by atoms with E-state index < -0.39 is 11.1 Å². The van der Waals surface area contributed by atoms with E-state index in [2.05, 4.69) is 16.2 Å². The van der Waals surface area contributed by atoms with Gasteiger partial charge in [0.25, 0.3) is 11.1 Å². The number of fused-ring (bicyclic) bond motifs is 3. The van der Waals surface area contributed by atoms with Gasteiger partial charge in [-0.05, 0) is 55.0 Å². The van der Waals surface area contributed by atoms with Crippen molar-refractivity contribution in [1.82, 2.24) is 19.2 Å². The zero-order valence-electron chi connectivity index (χ0n) is 16.6. The Morgan fingerprint density at radius 2 is 1.88 bits per heavy atom. The summed E-state index contributed by atoms with van der Waals surface area (Å²) in [6, 6.07) is 15.7. The molecule has 0 radical (unpaired) electrons. The molecular weight excluding hydrogens is 430 g/mol. The minimum atomic E-state index is -0.592. The predicted molar refractivity (Wildman–Crippen MR) is 120 cm³/mol. The highest BCUT2D eigenvalue weighted by Crippen LogP contribution is 2.21. The largest absolute Gasteiger partial charge is 0.493 e. The standard InChI is InChI=1S/C23H14ClN5O3/c1-12-15(10-16-21(30)27-29(23(16)32)14-8-6-13(24)7-9-14)22(31)28-19-5-3-2-4-18(19)26-20(28)17(12)11-25/h2-10,32H,1H3,(H,27,30)/b15-10+. The Kier molecular flexibility index (Phi) is 4.36. The second kappa shape index (κ2) is 7.11. The first-order valence-electron chi connectivity index (χ1n) is 9.56. The number of nitrogens with one attached hydrogen (secondary N) is 1. The molecule has 0 aliphatic carbocycles. The van der Waals surface area contributed by atoms with E-state index in [0.717, 1.165) is 0 Å². The van der Waals surface area contributed by atoms with Crippen LogP contribution in [0.3, 0.4) is 0 Å². The maximum absolute atomic E-state index is 13.4. The van der Waals surface area contributed by atoms with Crippen molar-refractivity contribution >= 4 is 34.4 Å². The number of halogens is 1. The summed E-state index contributed by atoms with van der Waals surface area (Å²) >= 11 is 5.91. The number of rotatable bonds is 2. The number of H-pyrrole nitrogens is 1. The van der Waals surface area contributed by atoms with Crippen LogP contribution in [0.25, 0.3) is 28.4 Å². The van der Waals surface area contributed by atoms with Gasteiger partial charge in [0.15, 0.2) is 5.65 Å². The molecule has 3 heterocycles. The molecule has 0 saturated carbocycles. The number of imidazole rings is 1. The number of hydrogen-bond acceptors (Lipinski definition) is 5. The molecular formula is C23H14ClN5O3. The van der Waals surface area contributed by atoms with Gasteiger partial charge in [0.1, 0.15) is 11.6 Å². The molecule has 32 heavy (non-hydrogen) atoms. The molecule has 0 amide bonds. The summed E-state index contributed by atoms with van der Waals surface area (Å²) in [5, 5.41) is 23.7. The van der Waals surface area contributed by atoms with Gasteiger partial charge >= 0.3 is 0 Å². The van der Waals surface area contributed by atoms with Crippen molar-refractivity contribution < 1.29 is 5.11 Å². The third kappa shape index (κ3) is 2.80. The second-order valence-corrected chi connectivity index (χ2v) is 7.66. The number of hydrogen-bond donors (Lipinski definition) is 2. The zero-order valence-corrected chi connectivity index (χ0v) is 17.4. The Morgan fingerprint density at radius 1 is 1.16 bits per heavy atom. The van der Waals surface area contributed by atoms with E-state index in [1.807, 2.05) is 0 Å². The van der Waals surface area contributed by atoms with Gasteiger partial charge in [0.2, 0.25) is 5.88 Å². The Morgan fingerprint density at radius 3 is 2.59 bits per heavy atom. The molecule has 0 atom stereocenters. The van der Waals surface area contributed by atoms with Crippen molar-refractivity contribution in [2.24, 2.45) is 0 Å². The van der Waals surface area contributed by atoms with Gasteiger partial charge < -0.3 is 5.11 Å². The fourth-order valence-electron chi connectivity index (χ4n) is 3.77.